The smallest absolute Gasteiger partial charge is 0.0208 e. The molecule has 3 atom stereocenters. The van der Waals surface area contributed by atoms with Gasteiger partial charge in [-0.3, -0.25) is 0 Å². The number of hydrogen-bond acceptors (Lipinski definition) is 1. The molecule has 18 heavy (non-hydrogen) atoms. The Hall–Kier alpha value is -0.820. The van der Waals surface area contributed by atoms with E-state index in [-0.39, 0.29) is 0 Å². The lowest BCUT2D eigenvalue weighted by Crippen LogP contribution is -2.36. The SMILES string of the molecule is CCC1CCCCC1C1CNCc2ccccc21. The van der Waals surface area contributed by atoms with Crippen molar-refractivity contribution in [1.29, 1.82) is 0 Å². The molecule has 2 aliphatic rings. The molecular weight excluding hydrogens is 218 g/mol. The quantitative estimate of drug-likeness (QED) is 0.825. The molecule has 1 aromatic rings. The number of nitrogens with one attached hydrogen (secondary N) is 1. The second-order valence-electron chi connectivity index (χ2n) is 6.05. The molecular formula is C17H25N. The van der Waals surface area contributed by atoms with Crippen LogP contribution in [0.4, 0.5) is 0 Å². The molecule has 1 nitrogen and oxygen atoms in total. The first kappa shape index (κ1) is 12.2. The van der Waals surface area contributed by atoms with Gasteiger partial charge in [0, 0.05) is 13.1 Å². The van der Waals surface area contributed by atoms with Crippen molar-refractivity contribution >= 4 is 0 Å². The zero-order chi connectivity index (χ0) is 12.4. The van der Waals surface area contributed by atoms with Crippen molar-refractivity contribution in [3.05, 3.63) is 35.4 Å². The van der Waals surface area contributed by atoms with Crippen molar-refractivity contribution < 1.29 is 0 Å². The molecule has 3 rings (SSSR count). The van der Waals surface area contributed by atoms with E-state index in [1.807, 2.05) is 0 Å². The molecule has 1 heterocycles. The summed E-state index contributed by atoms with van der Waals surface area (Å²) in [5.74, 6) is 2.63. The summed E-state index contributed by atoms with van der Waals surface area (Å²) in [6.45, 7) is 4.64. The Labute approximate surface area is 111 Å². The molecule has 1 heteroatoms. The Balaban J connectivity index is 1.88. The molecule has 1 aromatic carbocycles. The lowest BCUT2D eigenvalue weighted by Gasteiger charge is -2.40. The van der Waals surface area contributed by atoms with E-state index in [4.69, 9.17) is 0 Å². The fourth-order valence-electron chi connectivity index (χ4n) is 4.18. The highest BCUT2D eigenvalue weighted by Gasteiger charge is 2.33. The average Bonchev–Trinajstić information content (AvgIpc) is 2.46. The highest BCUT2D eigenvalue weighted by Crippen LogP contribution is 2.43. The van der Waals surface area contributed by atoms with Gasteiger partial charge in [0.1, 0.15) is 0 Å². The van der Waals surface area contributed by atoms with Crippen LogP contribution in [0.25, 0.3) is 0 Å². The molecule has 0 saturated heterocycles. The van der Waals surface area contributed by atoms with E-state index in [1.54, 1.807) is 5.56 Å². The van der Waals surface area contributed by atoms with E-state index in [1.165, 1.54) is 44.2 Å². The van der Waals surface area contributed by atoms with Crippen LogP contribution in [0.2, 0.25) is 0 Å². The van der Waals surface area contributed by atoms with Crippen molar-refractivity contribution in [3.8, 4) is 0 Å². The third-order valence-corrected chi connectivity index (χ3v) is 5.14. The van der Waals surface area contributed by atoms with Gasteiger partial charge in [0.15, 0.2) is 0 Å². The summed E-state index contributed by atoms with van der Waals surface area (Å²) in [4.78, 5) is 0. The van der Waals surface area contributed by atoms with Gasteiger partial charge >= 0.3 is 0 Å². The van der Waals surface area contributed by atoms with Crippen LogP contribution < -0.4 is 5.32 Å². The zero-order valence-corrected chi connectivity index (χ0v) is 11.5. The average molecular weight is 243 g/mol. The third-order valence-electron chi connectivity index (χ3n) is 5.14. The van der Waals surface area contributed by atoms with Crippen molar-refractivity contribution in [2.75, 3.05) is 6.54 Å². The van der Waals surface area contributed by atoms with Crippen molar-refractivity contribution in [2.24, 2.45) is 11.8 Å². The van der Waals surface area contributed by atoms with Crippen LogP contribution in [0.3, 0.4) is 0 Å². The van der Waals surface area contributed by atoms with Crippen molar-refractivity contribution in [1.82, 2.24) is 5.32 Å². The number of fused-ring (bicyclic) bond motifs is 1. The normalized spacial score (nSPS) is 31.9. The van der Waals surface area contributed by atoms with Gasteiger partial charge in [-0.1, -0.05) is 56.9 Å². The van der Waals surface area contributed by atoms with Gasteiger partial charge in [0.05, 0.1) is 0 Å². The van der Waals surface area contributed by atoms with Gasteiger partial charge in [-0.2, -0.15) is 0 Å². The first-order valence-electron chi connectivity index (χ1n) is 7.68. The Kier molecular flexibility index (Phi) is 3.69. The highest BCUT2D eigenvalue weighted by atomic mass is 14.9. The van der Waals surface area contributed by atoms with Gasteiger partial charge < -0.3 is 5.32 Å². The largest absolute Gasteiger partial charge is 0.312 e. The summed E-state index contributed by atoms with van der Waals surface area (Å²) in [5, 5.41) is 3.63. The molecule has 1 fully saturated rings. The summed E-state index contributed by atoms with van der Waals surface area (Å²) < 4.78 is 0. The van der Waals surface area contributed by atoms with Crippen LogP contribution in [-0.2, 0) is 6.54 Å². The topological polar surface area (TPSA) is 12.0 Å². The maximum Gasteiger partial charge on any atom is 0.0208 e. The lowest BCUT2D eigenvalue weighted by molar-refractivity contribution is 0.187. The maximum atomic E-state index is 3.63. The second kappa shape index (κ2) is 5.44. The molecule has 3 unspecified atom stereocenters. The van der Waals surface area contributed by atoms with Gasteiger partial charge in [-0.25, -0.2) is 0 Å². The first-order chi connectivity index (χ1) is 8.90. The molecule has 0 radical (unpaired) electrons. The van der Waals surface area contributed by atoms with Crippen molar-refractivity contribution in [2.45, 2.75) is 51.5 Å². The fourth-order valence-corrected chi connectivity index (χ4v) is 4.18. The minimum Gasteiger partial charge on any atom is -0.312 e. The predicted octanol–water partition coefficient (Wildman–Crippen LogP) is 4.09. The zero-order valence-electron chi connectivity index (χ0n) is 11.5. The van der Waals surface area contributed by atoms with E-state index >= 15 is 0 Å². The third kappa shape index (κ3) is 2.21. The van der Waals surface area contributed by atoms with E-state index in [9.17, 15) is 0 Å². The Bertz CT molecular complexity index is 398. The molecule has 1 saturated carbocycles. The van der Waals surface area contributed by atoms with E-state index in [0.717, 1.165) is 24.3 Å². The molecule has 98 valence electrons. The van der Waals surface area contributed by atoms with Crippen LogP contribution in [0.5, 0.6) is 0 Å². The Morgan fingerprint density at radius 2 is 2.00 bits per heavy atom. The summed E-state index contributed by atoms with van der Waals surface area (Å²) in [6, 6.07) is 9.09. The lowest BCUT2D eigenvalue weighted by atomic mass is 9.68. The summed E-state index contributed by atoms with van der Waals surface area (Å²) in [6.07, 6.45) is 7.17. The molecule has 1 N–H and O–H groups in total. The molecule has 1 aliphatic carbocycles. The van der Waals surface area contributed by atoms with Crippen LogP contribution in [0, 0.1) is 11.8 Å². The summed E-state index contributed by atoms with van der Waals surface area (Å²) in [5.41, 5.74) is 3.18. The van der Waals surface area contributed by atoms with Crippen molar-refractivity contribution in [3.63, 3.8) is 0 Å². The van der Waals surface area contributed by atoms with E-state index in [0.29, 0.717) is 0 Å². The van der Waals surface area contributed by atoms with Gasteiger partial charge in [-0.05, 0) is 35.3 Å². The molecule has 0 bridgehead atoms. The molecule has 0 amide bonds. The highest BCUT2D eigenvalue weighted by molar-refractivity contribution is 5.33. The van der Waals surface area contributed by atoms with E-state index < -0.39 is 0 Å². The number of benzene rings is 1. The predicted molar refractivity (Wildman–Crippen MR) is 76.6 cm³/mol. The fraction of sp³-hybridized carbons (Fsp3) is 0.647. The van der Waals surface area contributed by atoms with Gasteiger partial charge in [0.2, 0.25) is 0 Å². The minimum atomic E-state index is 0.764. The monoisotopic (exact) mass is 243 g/mol. The van der Waals surface area contributed by atoms with E-state index in [2.05, 4.69) is 36.5 Å². The standard InChI is InChI=1S/C17H25N/c1-2-13-7-3-5-9-15(13)17-12-18-11-14-8-4-6-10-16(14)17/h4,6,8,10,13,15,17-18H,2-3,5,7,9,11-12H2,1H3. The van der Waals surface area contributed by atoms with Crippen LogP contribution in [0.15, 0.2) is 24.3 Å². The second-order valence-corrected chi connectivity index (χ2v) is 6.05. The number of hydrogen-bond donors (Lipinski definition) is 1. The van der Waals surface area contributed by atoms with Crippen LogP contribution in [-0.4, -0.2) is 6.54 Å². The molecule has 1 aliphatic heterocycles. The number of rotatable bonds is 2. The first-order valence-corrected chi connectivity index (χ1v) is 7.68. The maximum absolute atomic E-state index is 3.63. The molecule has 0 aromatic heterocycles. The summed E-state index contributed by atoms with van der Waals surface area (Å²) in [7, 11) is 0. The van der Waals surface area contributed by atoms with Crippen LogP contribution in [0.1, 0.15) is 56.1 Å². The molecule has 0 spiro atoms. The van der Waals surface area contributed by atoms with Gasteiger partial charge in [0.25, 0.3) is 0 Å². The Morgan fingerprint density at radius 1 is 1.17 bits per heavy atom. The van der Waals surface area contributed by atoms with Gasteiger partial charge in [-0.15, -0.1) is 0 Å². The Morgan fingerprint density at radius 3 is 2.89 bits per heavy atom. The summed E-state index contributed by atoms with van der Waals surface area (Å²) >= 11 is 0. The minimum absolute atomic E-state index is 0.764. The van der Waals surface area contributed by atoms with Crippen LogP contribution >= 0.6 is 0 Å².